The maximum absolute atomic E-state index is 11.6. The number of carbonyl (C=O) groups is 1. The summed E-state index contributed by atoms with van der Waals surface area (Å²) in [7, 11) is 0. The number of aromatic nitrogens is 1. The highest BCUT2D eigenvalue weighted by Crippen LogP contribution is 2.28. The molecule has 1 saturated carbocycles. The van der Waals surface area contributed by atoms with Gasteiger partial charge in [0.1, 0.15) is 11.5 Å². The number of hydrogen-bond donors (Lipinski definition) is 1. The van der Waals surface area contributed by atoms with E-state index in [2.05, 4.69) is 20.9 Å². The van der Waals surface area contributed by atoms with Crippen LogP contribution < -0.4 is 0 Å². The lowest BCUT2D eigenvalue weighted by Crippen LogP contribution is -2.28. The van der Waals surface area contributed by atoms with E-state index in [-0.39, 0.29) is 12.2 Å². The number of ether oxygens (including phenoxy) is 2. The molecule has 1 aliphatic carbocycles. The maximum atomic E-state index is 11.6. The Balaban J connectivity index is 1.33. The molecule has 0 saturated heterocycles. The standard InChI is InChI=1S/C26H28BrNO5/c1-16-6-3-8-19(24(16)26(29)30)14-31-21-10-5-11-22(13-21)32-15-23-17(2)33-25(28-23)18-7-4-9-20(27)12-18/h3-4,6-9,12,21-22H,5,10-11,13-15H2,1-2H3,(H,29,30). The molecule has 4 rings (SSSR count). The quantitative estimate of drug-likeness (QED) is 0.372. The Labute approximate surface area is 202 Å². The van der Waals surface area contributed by atoms with Gasteiger partial charge in [-0.25, -0.2) is 9.78 Å². The van der Waals surface area contributed by atoms with E-state index in [9.17, 15) is 9.90 Å². The molecule has 6 nitrogen and oxygen atoms in total. The first-order chi connectivity index (χ1) is 15.9. The summed E-state index contributed by atoms with van der Waals surface area (Å²) in [6, 6.07) is 13.4. The molecule has 2 atom stereocenters. The van der Waals surface area contributed by atoms with Crippen LogP contribution in [0.3, 0.4) is 0 Å². The van der Waals surface area contributed by atoms with E-state index in [1.165, 1.54) is 0 Å². The fourth-order valence-corrected chi connectivity index (χ4v) is 4.67. The first-order valence-corrected chi connectivity index (χ1v) is 12.0. The van der Waals surface area contributed by atoms with E-state index in [1.54, 1.807) is 0 Å². The van der Waals surface area contributed by atoms with Crippen molar-refractivity contribution in [3.05, 3.63) is 75.1 Å². The lowest BCUT2D eigenvalue weighted by atomic mass is 9.94. The van der Waals surface area contributed by atoms with E-state index in [0.717, 1.165) is 52.7 Å². The predicted molar refractivity (Wildman–Crippen MR) is 128 cm³/mol. The second-order valence-electron chi connectivity index (χ2n) is 8.48. The van der Waals surface area contributed by atoms with Gasteiger partial charge in [-0.1, -0.05) is 40.2 Å². The summed E-state index contributed by atoms with van der Waals surface area (Å²) in [5.74, 6) is 0.431. The van der Waals surface area contributed by atoms with E-state index in [4.69, 9.17) is 13.9 Å². The summed E-state index contributed by atoms with van der Waals surface area (Å²) in [6.45, 7) is 4.40. The van der Waals surface area contributed by atoms with Crippen LogP contribution in [0.5, 0.6) is 0 Å². The van der Waals surface area contributed by atoms with Crippen molar-refractivity contribution in [2.75, 3.05) is 0 Å². The summed E-state index contributed by atoms with van der Waals surface area (Å²) in [5.41, 5.74) is 3.52. The number of nitrogens with zero attached hydrogens (tertiary/aromatic N) is 1. The number of aryl methyl sites for hydroxylation is 2. The smallest absolute Gasteiger partial charge is 0.336 e. The van der Waals surface area contributed by atoms with Crippen LogP contribution in [0.4, 0.5) is 0 Å². The second-order valence-corrected chi connectivity index (χ2v) is 9.39. The van der Waals surface area contributed by atoms with Crippen molar-refractivity contribution >= 4 is 21.9 Å². The third-order valence-electron chi connectivity index (χ3n) is 6.05. The van der Waals surface area contributed by atoms with Gasteiger partial charge < -0.3 is 19.0 Å². The Hall–Kier alpha value is -2.48. The zero-order valence-electron chi connectivity index (χ0n) is 18.8. The van der Waals surface area contributed by atoms with E-state index < -0.39 is 5.97 Å². The largest absolute Gasteiger partial charge is 0.478 e. The number of halogens is 1. The minimum atomic E-state index is -0.915. The molecule has 174 valence electrons. The minimum Gasteiger partial charge on any atom is -0.478 e. The molecule has 1 N–H and O–H groups in total. The highest BCUT2D eigenvalue weighted by molar-refractivity contribution is 9.10. The average Bonchev–Trinajstić information content (AvgIpc) is 3.17. The molecule has 0 spiro atoms. The van der Waals surface area contributed by atoms with Crippen LogP contribution in [0.15, 0.2) is 51.4 Å². The molecule has 3 aromatic rings. The van der Waals surface area contributed by atoms with Gasteiger partial charge in [0.25, 0.3) is 0 Å². The summed E-state index contributed by atoms with van der Waals surface area (Å²) in [6.07, 6.45) is 3.83. The molecule has 1 aliphatic rings. The van der Waals surface area contributed by atoms with Gasteiger partial charge in [0.2, 0.25) is 5.89 Å². The fraction of sp³-hybridized carbons (Fsp3) is 0.385. The van der Waals surface area contributed by atoms with Crippen LogP contribution >= 0.6 is 15.9 Å². The lowest BCUT2D eigenvalue weighted by Gasteiger charge is -2.29. The van der Waals surface area contributed by atoms with Crippen molar-refractivity contribution in [1.82, 2.24) is 4.98 Å². The highest BCUT2D eigenvalue weighted by atomic mass is 79.9. The number of carboxylic acid groups (broad SMARTS) is 1. The van der Waals surface area contributed by atoms with Crippen LogP contribution in [-0.2, 0) is 22.7 Å². The third-order valence-corrected chi connectivity index (χ3v) is 6.54. The van der Waals surface area contributed by atoms with Gasteiger partial charge in [0.15, 0.2) is 0 Å². The second kappa shape index (κ2) is 10.6. The number of aromatic carboxylic acids is 1. The lowest BCUT2D eigenvalue weighted by molar-refractivity contribution is -0.0564. The molecule has 2 unspecified atom stereocenters. The number of carboxylic acids is 1. The van der Waals surface area contributed by atoms with Gasteiger partial charge in [-0.15, -0.1) is 0 Å². The van der Waals surface area contributed by atoms with Crippen LogP contribution in [0.1, 0.15) is 58.6 Å². The highest BCUT2D eigenvalue weighted by Gasteiger charge is 2.25. The van der Waals surface area contributed by atoms with E-state index >= 15 is 0 Å². The Bertz CT molecular complexity index is 1130. The topological polar surface area (TPSA) is 81.8 Å². The minimum absolute atomic E-state index is 0.0431. The first kappa shape index (κ1) is 23.7. The van der Waals surface area contributed by atoms with Gasteiger partial charge in [0.05, 0.1) is 31.0 Å². The zero-order chi connectivity index (χ0) is 23.4. The Morgan fingerprint density at radius 3 is 2.58 bits per heavy atom. The summed E-state index contributed by atoms with van der Waals surface area (Å²) in [4.78, 5) is 16.2. The molecule has 1 fully saturated rings. The molecule has 33 heavy (non-hydrogen) atoms. The average molecular weight is 514 g/mol. The van der Waals surface area contributed by atoms with Crippen molar-refractivity contribution in [2.45, 2.75) is 65.0 Å². The van der Waals surface area contributed by atoms with Gasteiger partial charge in [-0.3, -0.25) is 0 Å². The van der Waals surface area contributed by atoms with E-state index in [1.807, 2.05) is 56.3 Å². The third kappa shape index (κ3) is 5.91. The molecule has 0 amide bonds. The van der Waals surface area contributed by atoms with Crippen LogP contribution in [0.2, 0.25) is 0 Å². The van der Waals surface area contributed by atoms with Crippen molar-refractivity contribution < 1.29 is 23.8 Å². The van der Waals surface area contributed by atoms with Crippen LogP contribution in [0, 0.1) is 13.8 Å². The van der Waals surface area contributed by atoms with Crippen molar-refractivity contribution in [1.29, 1.82) is 0 Å². The molecule has 7 heteroatoms. The Morgan fingerprint density at radius 2 is 1.85 bits per heavy atom. The van der Waals surface area contributed by atoms with Gasteiger partial charge >= 0.3 is 5.97 Å². The van der Waals surface area contributed by atoms with Gasteiger partial charge in [-0.05, 0) is 68.9 Å². The van der Waals surface area contributed by atoms with E-state index in [0.29, 0.717) is 30.2 Å². The van der Waals surface area contributed by atoms with Crippen molar-refractivity contribution in [3.8, 4) is 11.5 Å². The number of oxazole rings is 1. The molecular weight excluding hydrogens is 486 g/mol. The summed E-state index contributed by atoms with van der Waals surface area (Å²) in [5, 5.41) is 9.52. The Morgan fingerprint density at radius 1 is 1.12 bits per heavy atom. The number of benzene rings is 2. The van der Waals surface area contributed by atoms with Gasteiger partial charge in [0, 0.05) is 10.0 Å². The molecule has 1 heterocycles. The molecule has 0 radical (unpaired) electrons. The first-order valence-electron chi connectivity index (χ1n) is 11.2. The Kier molecular flexibility index (Phi) is 7.63. The van der Waals surface area contributed by atoms with Crippen molar-refractivity contribution in [2.24, 2.45) is 0 Å². The predicted octanol–water partition coefficient (Wildman–Crippen LogP) is 6.46. The monoisotopic (exact) mass is 513 g/mol. The molecule has 1 aromatic heterocycles. The maximum Gasteiger partial charge on any atom is 0.336 e. The summed E-state index contributed by atoms with van der Waals surface area (Å²) < 4.78 is 19.1. The van der Waals surface area contributed by atoms with Gasteiger partial charge in [-0.2, -0.15) is 0 Å². The molecular formula is C26H28BrNO5. The zero-order valence-corrected chi connectivity index (χ0v) is 20.4. The number of hydrogen-bond acceptors (Lipinski definition) is 5. The normalized spacial score (nSPS) is 18.4. The molecule has 2 aromatic carbocycles. The molecule has 0 aliphatic heterocycles. The fourth-order valence-electron chi connectivity index (χ4n) is 4.27. The van der Waals surface area contributed by atoms with Crippen molar-refractivity contribution in [3.63, 3.8) is 0 Å². The SMILES string of the molecule is Cc1cccc(COC2CCCC(OCc3nc(-c4cccc(Br)c4)oc3C)C2)c1C(=O)O. The van der Waals surface area contributed by atoms with Crippen LogP contribution in [0.25, 0.3) is 11.5 Å². The van der Waals surface area contributed by atoms with Crippen LogP contribution in [-0.4, -0.2) is 28.3 Å². The molecule has 0 bridgehead atoms. The number of rotatable bonds is 8. The summed E-state index contributed by atoms with van der Waals surface area (Å²) >= 11 is 3.48.